The summed E-state index contributed by atoms with van der Waals surface area (Å²) in [5.74, 6) is -1.28. The lowest BCUT2D eigenvalue weighted by molar-refractivity contribution is 0.103. The third kappa shape index (κ3) is 4.61. The number of halogens is 2. The summed E-state index contributed by atoms with van der Waals surface area (Å²) in [6, 6.07) is 8.19. The number of aldehydes is 1. The summed E-state index contributed by atoms with van der Waals surface area (Å²) < 4.78 is 56.0. The molecule has 0 amide bonds. The van der Waals surface area contributed by atoms with E-state index in [1.54, 1.807) is 31.2 Å². The van der Waals surface area contributed by atoms with Crippen LogP contribution in [0.3, 0.4) is 0 Å². The molecule has 2 heterocycles. The number of H-pyrrole nitrogens is 1. The van der Waals surface area contributed by atoms with Crippen molar-refractivity contribution in [1.82, 2.24) is 9.97 Å². The highest BCUT2D eigenvalue weighted by Crippen LogP contribution is 2.30. The predicted molar refractivity (Wildman–Crippen MR) is 132 cm³/mol. The zero-order valence-electron chi connectivity index (χ0n) is 18.9. The van der Waals surface area contributed by atoms with Crippen molar-refractivity contribution >= 4 is 38.8 Å². The number of nitrogens with one attached hydrogen (secondary N) is 2. The molecule has 0 saturated heterocycles. The molecule has 4 aromatic rings. The molecule has 0 saturated carbocycles. The quantitative estimate of drug-likeness (QED) is 0.204. The maximum atomic E-state index is 15.2. The number of carbonyl (C=O) groups is 2. The second kappa shape index (κ2) is 9.71. The summed E-state index contributed by atoms with van der Waals surface area (Å²) >= 11 is 0. The molecule has 0 radical (unpaired) electrons. The Morgan fingerprint density at radius 2 is 1.97 bits per heavy atom. The lowest BCUT2D eigenvalue weighted by Gasteiger charge is -2.11. The van der Waals surface area contributed by atoms with E-state index >= 15 is 4.39 Å². The molecule has 0 aliphatic rings. The fourth-order valence-corrected chi connectivity index (χ4v) is 4.91. The van der Waals surface area contributed by atoms with Crippen molar-refractivity contribution in [3.8, 4) is 23.5 Å². The minimum Gasteiger partial charge on any atom is -0.345 e. The van der Waals surface area contributed by atoms with Crippen LogP contribution in [0.1, 0.15) is 45.2 Å². The lowest BCUT2D eigenvalue weighted by atomic mass is 9.98. The number of pyridine rings is 1. The molecule has 4 rings (SSSR count). The van der Waals surface area contributed by atoms with Gasteiger partial charge in [0, 0.05) is 40.0 Å². The number of fused-ring (bicyclic) bond motifs is 1. The first-order chi connectivity index (χ1) is 17.2. The fourth-order valence-electron chi connectivity index (χ4n) is 3.77. The van der Waals surface area contributed by atoms with E-state index in [2.05, 4.69) is 20.6 Å². The molecule has 10 heteroatoms. The molecule has 0 spiro atoms. The van der Waals surface area contributed by atoms with Crippen molar-refractivity contribution in [3.63, 3.8) is 0 Å². The van der Waals surface area contributed by atoms with Crippen LogP contribution in [0.15, 0.2) is 48.8 Å². The number of hydrogen-bond donors (Lipinski definition) is 2. The van der Waals surface area contributed by atoms with Crippen molar-refractivity contribution in [2.75, 3.05) is 10.5 Å². The van der Waals surface area contributed by atoms with Crippen LogP contribution < -0.4 is 4.72 Å². The molecular weight excluding hydrogens is 488 g/mol. The van der Waals surface area contributed by atoms with Crippen LogP contribution in [0.5, 0.6) is 0 Å². The Kier molecular flexibility index (Phi) is 6.68. The summed E-state index contributed by atoms with van der Waals surface area (Å²) in [5.41, 5.74) is 0.690. The highest BCUT2D eigenvalue weighted by molar-refractivity contribution is 7.92. The Labute approximate surface area is 205 Å². The number of aromatic nitrogens is 2. The number of anilines is 1. The number of benzene rings is 2. The maximum Gasteiger partial charge on any atom is 0.232 e. The molecule has 0 unspecified atom stereocenters. The van der Waals surface area contributed by atoms with E-state index < -0.39 is 38.7 Å². The number of ketones is 1. The van der Waals surface area contributed by atoms with Gasteiger partial charge in [0.25, 0.3) is 0 Å². The Hall–Kier alpha value is -4.36. The molecule has 0 fully saturated rings. The van der Waals surface area contributed by atoms with Gasteiger partial charge in [-0.2, -0.15) is 0 Å². The maximum absolute atomic E-state index is 15.2. The molecule has 2 aromatic carbocycles. The predicted octanol–water partition coefficient (Wildman–Crippen LogP) is 4.68. The van der Waals surface area contributed by atoms with Gasteiger partial charge >= 0.3 is 0 Å². The second-order valence-electron chi connectivity index (χ2n) is 7.92. The van der Waals surface area contributed by atoms with Crippen LogP contribution in [0.25, 0.3) is 22.2 Å². The highest BCUT2D eigenvalue weighted by Gasteiger charge is 2.26. The summed E-state index contributed by atoms with van der Waals surface area (Å²) in [7, 11) is -3.87. The van der Waals surface area contributed by atoms with Gasteiger partial charge in [0.05, 0.1) is 17.0 Å². The number of rotatable bonds is 8. The molecular formula is C26H19F2N3O4S. The average Bonchev–Trinajstić information content (AvgIpc) is 3.28. The molecule has 36 heavy (non-hydrogen) atoms. The topological polar surface area (TPSA) is 109 Å². The van der Waals surface area contributed by atoms with Crippen LogP contribution in [-0.2, 0) is 10.0 Å². The molecule has 182 valence electrons. The van der Waals surface area contributed by atoms with Crippen molar-refractivity contribution in [1.29, 1.82) is 0 Å². The fraction of sp³-hybridized carbons (Fsp3) is 0.115. The Bertz CT molecular complexity index is 1670. The van der Waals surface area contributed by atoms with Gasteiger partial charge in [0.2, 0.25) is 15.8 Å². The van der Waals surface area contributed by atoms with Crippen LogP contribution in [0, 0.1) is 24.0 Å². The summed E-state index contributed by atoms with van der Waals surface area (Å²) in [5, 5.41) is 0.287. The lowest BCUT2D eigenvalue weighted by Crippen LogP contribution is -2.18. The van der Waals surface area contributed by atoms with Crippen LogP contribution in [0.2, 0.25) is 0 Å². The van der Waals surface area contributed by atoms with E-state index in [4.69, 9.17) is 6.42 Å². The average molecular weight is 508 g/mol. The first-order valence-corrected chi connectivity index (χ1v) is 12.4. The summed E-state index contributed by atoms with van der Waals surface area (Å²) in [4.78, 5) is 31.5. The van der Waals surface area contributed by atoms with Gasteiger partial charge in [-0.15, -0.1) is 6.42 Å². The molecule has 0 aliphatic heterocycles. The number of terminal acetylenes is 1. The molecule has 2 N–H and O–H groups in total. The van der Waals surface area contributed by atoms with Gasteiger partial charge in [-0.05, 0) is 42.3 Å². The number of carbonyl (C=O) groups excluding carboxylic acids is 2. The Morgan fingerprint density at radius 3 is 2.67 bits per heavy atom. The standard InChI is InChI=1S/C26H19F2N3O4S/c1-3-9-36(34,35)31-22-8-7-21(27)23(24(22)28)25(33)20-13-30-26-19(20)11-18(12-29-26)16-5-6-17(14-32)15(4-2)10-16/h2,5-8,10-14,31H,3,9H2,1H3,(H,29,30). The van der Waals surface area contributed by atoms with Crippen molar-refractivity contribution < 1.29 is 26.8 Å². The number of aromatic amines is 1. The van der Waals surface area contributed by atoms with Gasteiger partial charge in [-0.3, -0.25) is 14.3 Å². The summed E-state index contributed by atoms with van der Waals surface area (Å²) in [6.07, 6.45) is 9.21. The minimum absolute atomic E-state index is 0.0626. The molecule has 0 atom stereocenters. The highest BCUT2D eigenvalue weighted by atomic mass is 32.2. The largest absolute Gasteiger partial charge is 0.345 e. The van der Waals surface area contributed by atoms with Gasteiger partial charge < -0.3 is 4.98 Å². The van der Waals surface area contributed by atoms with Crippen molar-refractivity contribution in [2.45, 2.75) is 13.3 Å². The van der Waals surface area contributed by atoms with Gasteiger partial charge in [-0.25, -0.2) is 22.2 Å². The summed E-state index contributed by atoms with van der Waals surface area (Å²) in [6.45, 7) is 1.64. The van der Waals surface area contributed by atoms with E-state index in [0.717, 1.165) is 12.1 Å². The monoisotopic (exact) mass is 507 g/mol. The third-order valence-corrected chi connectivity index (χ3v) is 6.98. The van der Waals surface area contributed by atoms with Crippen molar-refractivity contribution in [3.05, 3.63) is 82.7 Å². The second-order valence-corrected chi connectivity index (χ2v) is 9.76. The van der Waals surface area contributed by atoms with Gasteiger partial charge in [0.15, 0.2) is 12.1 Å². The first-order valence-electron chi connectivity index (χ1n) is 10.8. The third-order valence-electron chi connectivity index (χ3n) is 5.50. The van der Waals surface area contributed by atoms with Gasteiger partial charge in [-0.1, -0.05) is 18.9 Å². The molecule has 7 nitrogen and oxygen atoms in total. The zero-order valence-corrected chi connectivity index (χ0v) is 19.7. The van der Waals surface area contributed by atoms with E-state index in [0.29, 0.717) is 34.2 Å². The molecule has 0 bridgehead atoms. The first kappa shape index (κ1) is 24.8. The number of sulfonamides is 1. The van der Waals surface area contributed by atoms with E-state index in [1.165, 1.54) is 12.4 Å². The normalized spacial score (nSPS) is 11.3. The number of nitrogens with zero attached hydrogens (tertiary/aromatic N) is 1. The Balaban J connectivity index is 1.79. The van der Waals surface area contributed by atoms with Crippen LogP contribution >= 0.6 is 0 Å². The van der Waals surface area contributed by atoms with E-state index in [-0.39, 0.29) is 23.1 Å². The van der Waals surface area contributed by atoms with E-state index in [9.17, 15) is 22.4 Å². The zero-order chi connectivity index (χ0) is 26.0. The molecule has 2 aromatic heterocycles. The van der Waals surface area contributed by atoms with E-state index in [1.807, 2.05) is 0 Å². The Morgan fingerprint density at radius 1 is 1.19 bits per heavy atom. The van der Waals surface area contributed by atoms with Crippen LogP contribution in [0.4, 0.5) is 14.5 Å². The van der Waals surface area contributed by atoms with Gasteiger partial charge in [0.1, 0.15) is 11.5 Å². The molecule has 0 aliphatic carbocycles. The minimum atomic E-state index is -3.87. The number of hydrogen-bond acceptors (Lipinski definition) is 5. The van der Waals surface area contributed by atoms with Crippen molar-refractivity contribution in [2.24, 2.45) is 0 Å². The smallest absolute Gasteiger partial charge is 0.232 e. The van der Waals surface area contributed by atoms with Crippen LogP contribution in [-0.4, -0.2) is 36.2 Å². The SMILES string of the molecule is C#Cc1cc(-c2cnc3[nH]cc(C(=O)c4c(F)ccc(NS(=O)(=O)CCC)c4F)c3c2)ccc1C=O.